The van der Waals surface area contributed by atoms with Gasteiger partial charge >= 0.3 is 0 Å². The molecule has 5 nitrogen and oxygen atoms in total. The molecular weight excluding hydrogens is 314 g/mol. The van der Waals surface area contributed by atoms with Gasteiger partial charge in [-0.2, -0.15) is 5.10 Å². The van der Waals surface area contributed by atoms with E-state index in [1.165, 1.54) is 5.56 Å². The van der Waals surface area contributed by atoms with Gasteiger partial charge in [0.2, 0.25) is 5.91 Å². The highest BCUT2D eigenvalue weighted by Gasteiger charge is 2.44. The van der Waals surface area contributed by atoms with Crippen molar-refractivity contribution in [1.29, 1.82) is 0 Å². The summed E-state index contributed by atoms with van der Waals surface area (Å²) in [7, 11) is 1.88. The Hall–Kier alpha value is -2.14. The fourth-order valence-corrected chi connectivity index (χ4v) is 3.14. The van der Waals surface area contributed by atoms with Crippen LogP contribution in [-0.2, 0) is 17.3 Å². The lowest BCUT2D eigenvalue weighted by atomic mass is 9.86. The van der Waals surface area contributed by atoms with E-state index in [9.17, 15) is 9.90 Å². The van der Waals surface area contributed by atoms with Gasteiger partial charge in [0.25, 0.3) is 0 Å². The lowest BCUT2D eigenvalue weighted by molar-refractivity contribution is -0.122. The zero-order valence-corrected chi connectivity index (χ0v) is 15.4. The van der Waals surface area contributed by atoms with Crippen molar-refractivity contribution in [1.82, 2.24) is 15.1 Å². The summed E-state index contributed by atoms with van der Waals surface area (Å²) in [6.07, 6.45) is 3.95. The summed E-state index contributed by atoms with van der Waals surface area (Å²) >= 11 is 0. The minimum absolute atomic E-state index is 0.000309. The third-order valence-corrected chi connectivity index (χ3v) is 4.91. The molecule has 1 aliphatic carbocycles. The van der Waals surface area contributed by atoms with Gasteiger partial charge in [-0.05, 0) is 34.4 Å². The Bertz CT molecular complexity index is 743. The van der Waals surface area contributed by atoms with Gasteiger partial charge in [0.15, 0.2) is 0 Å². The minimum Gasteiger partial charge on any atom is -0.387 e. The number of rotatable bonds is 5. The molecule has 3 atom stereocenters. The molecule has 1 saturated carbocycles. The number of carbonyl (C=O) groups excluding carboxylic acids is 1. The van der Waals surface area contributed by atoms with Crippen molar-refractivity contribution >= 4 is 5.91 Å². The highest BCUT2D eigenvalue weighted by atomic mass is 16.3. The first-order valence-corrected chi connectivity index (χ1v) is 8.80. The Balaban J connectivity index is 1.51. The number of hydrogen-bond acceptors (Lipinski definition) is 3. The van der Waals surface area contributed by atoms with Crippen molar-refractivity contribution in [2.75, 3.05) is 6.54 Å². The van der Waals surface area contributed by atoms with E-state index in [-0.39, 0.29) is 29.7 Å². The van der Waals surface area contributed by atoms with Gasteiger partial charge in [-0.3, -0.25) is 9.48 Å². The molecule has 1 aliphatic rings. The quantitative estimate of drug-likeness (QED) is 0.879. The predicted octanol–water partition coefficient (Wildman–Crippen LogP) is 2.67. The molecule has 5 heteroatoms. The maximum Gasteiger partial charge on any atom is 0.223 e. The smallest absolute Gasteiger partial charge is 0.223 e. The molecular formula is C20H27N3O2. The average molecular weight is 341 g/mol. The van der Waals surface area contributed by atoms with E-state index in [1.54, 1.807) is 4.68 Å². The largest absolute Gasteiger partial charge is 0.387 e. The molecule has 25 heavy (non-hydrogen) atoms. The molecule has 1 fully saturated rings. The second-order valence-corrected chi connectivity index (χ2v) is 8.03. The number of aromatic nitrogens is 2. The Morgan fingerprint density at radius 3 is 2.60 bits per heavy atom. The zero-order chi connectivity index (χ0) is 18.2. The normalized spacial score (nSPS) is 21.0. The fourth-order valence-electron chi connectivity index (χ4n) is 3.14. The highest BCUT2D eigenvalue weighted by Crippen LogP contribution is 2.47. The number of aliphatic hydroxyl groups excluding tert-OH is 1. The molecule has 2 N–H and O–H groups in total. The Labute approximate surface area is 149 Å². The first-order valence-electron chi connectivity index (χ1n) is 8.80. The first kappa shape index (κ1) is 17.7. The molecule has 2 aromatic rings. The van der Waals surface area contributed by atoms with Crippen LogP contribution in [0.4, 0.5) is 0 Å². The topological polar surface area (TPSA) is 67.2 Å². The summed E-state index contributed by atoms with van der Waals surface area (Å²) in [5.74, 6) is 0.274. The molecule has 3 rings (SSSR count). The van der Waals surface area contributed by atoms with Gasteiger partial charge in [0.05, 0.1) is 12.3 Å². The van der Waals surface area contributed by atoms with Crippen LogP contribution in [0.15, 0.2) is 36.7 Å². The maximum atomic E-state index is 12.3. The van der Waals surface area contributed by atoms with Gasteiger partial charge in [-0.15, -0.1) is 0 Å². The molecule has 1 aromatic heterocycles. The van der Waals surface area contributed by atoms with Crippen molar-refractivity contribution in [2.24, 2.45) is 13.0 Å². The van der Waals surface area contributed by atoms with Gasteiger partial charge < -0.3 is 10.4 Å². The van der Waals surface area contributed by atoms with Gasteiger partial charge in [0.1, 0.15) is 0 Å². The van der Waals surface area contributed by atoms with Crippen LogP contribution < -0.4 is 5.32 Å². The molecule has 0 unspecified atom stereocenters. The number of aryl methyl sites for hydroxylation is 1. The van der Waals surface area contributed by atoms with Crippen LogP contribution in [0.5, 0.6) is 0 Å². The number of benzene rings is 1. The lowest BCUT2D eigenvalue weighted by Gasteiger charge is -2.20. The first-order chi connectivity index (χ1) is 11.8. The van der Waals surface area contributed by atoms with Crippen LogP contribution in [0, 0.1) is 5.92 Å². The van der Waals surface area contributed by atoms with Crippen molar-refractivity contribution in [2.45, 2.75) is 44.6 Å². The zero-order valence-electron chi connectivity index (χ0n) is 15.4. The van der Waals surface area contributed by atoms with Crippen LogP contribution >= 0.6 is 0 Å². The molecule has 0 bridgehead atoms. The van der Waals surface area contributed by atoms with Crippen molar-refractivity contribution in [3.8, 4) is 0 Å². The number of amides is 1. The van der Waals surface area contributed by atoms with Crippen LogP contribution in [0.3, 0.4) is 0 Å². The number of nitrogens with one attached hydrogen (secondary N) is 1. The van der Waals surface area contributed by atoms with Crippen molar-refractivity contribution < 1.29 is 9.90 Å². The summed E-state index contributed by atoms with van der Waals surface area (Å²) in [5, 5.41) is 17.4. The monoisotopic (exact) mass is 341 g/mol. The number of hydrogen-bond donors (Lipinski definition) is 2. The van der Waals surface area contributed by atoms with E-state index >= 15 is 0 Å². The Morgan fingerprint density at radius 2 is 2.04 bits per heavy atom. The average Bonchev–Trinajstić information content (AvgIpc) is 3.26. The summed E-state index contributed by atoms with van der Waals surface area (Å²) in [4.78, 5) is 12.3. The summed E-state index contributed by atoms with van der Waals surface area (Å²) in [6.45, 7) is 6.72. The predicted molar refractivity (Wildman–Crippen MR) is 97.2 cm³/mol. The summed E-state index contributed by atoms with van der Waals surface area (Å²) in [5.41, 5.74) is 3.25. The van der Waals surface area contributed by atoms with Crippen molar-refractivity contribution in [3.05, 3.63) is 53.3 Å². The Kier molecular flexibility index (Phi) is 4.69. The molecule has 1 amide bonds. The second-order valence-electron chi connectivity index (χ2n) is 8.03. The maximum absolute atomic E-state index is 12.3. The van der Waals surface area contributed by atoms with E-state index < -0.39 is 6.10 Å². The highest BCUT2D eigenvalue weighted by molar-refractivity contribution is 5.82. The molecule has 0 saturated heterocycles. The van der Waals surface area contributed by atoms with Crippen molar-refractivity contribution in [3.63, 3.8) is 0 Å². The third kappa shape index (κ3) is 4.10. The molecule has 0 aliphatic heterocycles. The number of carbonyl (C=O) groups is 1. The van der Waals surface area contributed by atoms with Gasteiger partial charge in [-0.1, -0.05) is 45.0 Å². The van der Waals surface area contributed by atoms with Crippen LogP contribution in [0.1, 0.15) is 55.9 Å². The van der Waals surface area contributed by atoms with Gasteiger partial charge in [0, 0.05) is 25.7 Å². The number of aliphatic hydroxyl groups is 1. The molecule has 0 spiro atoms. The second kappa shape index (κ2) is 6.64. The van der Waals surface area contributed by atoms with Crippen LogP contribution in [0.2, 0.25) is 0 Å². The molecule has 1 heterocycles. The number of nitrogens with zero attached hydrogens (tertiary/aromatic N) is 2. The van der Waals surface area contributed by atoms with E-state index in [4.69, 9.17) is 0 Å². The molecule has 1 aromatic carbocycles. The van der Waals surface area contributed by atoms with E-state index in [0.717, 1.165) is 17.5 Å². The molecule has 134 valence electrons. The van der Waals surface area contributed by atoms with E-state index in [1.807, 2.05) is 43.7 Å². The Morgan fingerprint density at radius 1 is 1.36 bits per heavy atom. The van der Waals surface area contributed by atoms with E-state index in [2.05, 4.69) is 31.2 Å². The van der Waals surface area contributed by atoms with E-state index in [0.29, 0.717) is 0 Å². The SMILES string of the molecule is Cn1cc([C@@H]2C[C@H]2C(=O)NC[C@@H](O)c2ccc(C(C)(C)C)cc2)cn1. The standard InChI is InChI=1S/C20H27N3O2/c1-20(2,3)15-7-5-13(6-8-15)18(24)11-21-19(25)17-9-16(17)14-10-22-23(4)12-14/h5-8,10,12,16-18,24H,9,11H2,1-4H3,(H,21,25)/t16-,17+,18+/m0/s1. The summed E-state index contributed by atoms with van der Waals surface area (Å²) < 4.78 is 1.76. The molecule has 0 radical (unpaired) electrons. The minimum atomic E-state index is -0.687. The van der Waals surface area contributed by atoms with Crippen LogP contribution in [0.25, 0.3) is 0 Å². The lowest BCUT2D eigenvalue weighted by Crippen LogP contribution is -2.30. The van der Waals surface area contributed by atoms with Gasteiger partial charge in [-0.25, -0.2) is 0 Å². The summed E-state index contributed by atoms with van der Waals surface area (Å²) in [6, 6.07) is 7.96. The third-order valence-electron chi connectivity index (χ3n) is 4.91. The fraction of sp³-hybridized carbons (Fsp3) is 0.500. The van der Waals surface area contributed by atoms with Crippen LogP contribution in [-0.4, -0.2) is 27.3 Å².